The molecular formula is C18H29Cl2N3O. The Balaban J connectivity index is 0.00000144. The summed E-state index contributed by atoms with van der Waals surface area (Å²) in [5.74, 6) is 1.08. The van der Waals surface area contributed by atoms with Crippen LogP contribution < -0.4 is 10.2 Å². The lowest BCUT2D eigenvalue weighted by molar-refractivity contribution is -0.130. The molecule has 1 aliphatic heterocycles. The predicted molar refractivity (Wildman–Crippen MR) is 105 cm³/mol. The number of amides is 1. The van der Waals surface area contributed by atoms with Crippen molar-refractivity contribution in [2.24, 2.45) is 5.92 Å². The van der Waals surface area contributed by atoms with Gasteiger partial charge >= 0.3 is 0 Å². The van der Waals surface area contributed by atoms with Crippen LogP contribution in [0.5, 0.6) is 0 Å². The summed E-state index contributed by atoms with van der Waals surface area (Å²) in [4.78, 5) is 16.6. The molecule has 4 nitrogen and oxygen atoms in total. The molecule has 0 atom stereocenters. The fraction of sp³-hybridized carbons (Fsp3) is 0.611. The molecule has 1 saturated carbocycles. The number of carbonyl (C=O) groups excluding carboxylic acids is 1. The SMILES string of the molecule is Cc1cccc(N2CCN(C(=O)CNCC3CC3)CC2)c1C.Cl.Cl. The molecule has 2 aliphatic rings. The lowest BCUT2D eigenvalue weighted by atomic mass is 10.1. The highest BCUT2D eigenvalue weighted by Gasteiger charge is 2.24. The molecule has 6 heteroatoms. The van der Waals surface area contributed by atoms with Gasteiger partial charge in [-0.2, -0.15) is 0 Å². The minimum absolute atomic E-state index is 0. The van der Waals surface area contributed by atoms with Crippen molar-refractivity contribution in [3.8, 4) is 0 Å². The van der Waals surface area contributed by atoms with Crippen molar-refractivity contribution >= 4 is 36.4 Å². The first-order valence-electron chi connectivity index (χ1n) is 8.45. The maximum absolute atomic E-state index is 12.2. The van der Waals surface area contributed by atoms with E-state index in [2.05, 4.69) is 42.3 Å². The summed E-state index contributed by atoms with van der Waals surface area (Å²) >= 11 is 0. The maximum Gasteiger partial charge on any atom is 0.236 e. The van der Waals surface area contributed by atoms with Gasteiger partial charge in [-0.15, -0.1) is 24.8 Å². The third-order valence-corrected chi connectivity index (χ3v) is 4.96. The number of benzene rings is 1. The van der Waals surface area contributed by atoms with E-state index >= 15 is 0 Å². The van der Waals surface area contributed by atoms with Crippen molar-refractivity contribution in [3.05, 3.63) is 29.3 Å². The van der Waals surface area contributed by atoms with Crippen LogP contribution >= 0.6 is 24.8 Å². The van der Waals surface area contributed by atoms with Crippen LogP contribution in [0, 0.1) is 19.8 Å². The van der Waals surface area contributed by atoms with E-state index in [9.17, 15) is 4.79 Å². The Bertz CT molecular complexity index is 541. The van der Waals surface area contributed by atoms with Crippen LogP contribution in [-0.2, 0) is 4.79 Å². The number of nitrogens with one attached hydrogen (secondary N) is 1. The zero-order chi connectivity index (χ0) is 15.5. The zero-order valence-electron chi connectivity index (χ0n) is 14.6. The minimum atomic E-state index is 0. The molecule has 0 aromatic heterocycles. The molecule has 1 aromatic rings. The van der Waals surface area contributed by atoms with Crippen LogP contribution in [0.1, 0.15) is 24.0 Å². The van der Waals surface area contributed by atoms with Gasteiger partial charge in [0.25, 0.3) is 0 Å². The Morgan fingerprint density at radius 3 is 2.42 bits per heavy atom. The molecule has 0 bridgehead atoms. The molecule has 1 N–H and O–H groups in total. The summed E-state index contributed by atoms with van der Waals surface area (Å²) in [5, 5.41) is 3.30. The van der Waals surface area contributed by atoms with E-state index in [1.807, 2.05) is 4.90 Å². The summed E-state index contributed by atoms with van der Waals surface area (Å²) in [5.41, 5.74) is 4.01. The second-order valence-electron chi connectivity index (χ2n) is 6.66. The number of hydrogen-bond acceptors (Lipinski definition) is 3. The number of anilines is 1. The van der Waals surface area contributed by atoms with E-state index in [1.165, 1.54) is 29.7 Å². The van der Waals surface area contributed by atoms with Gasteiger partial charge in [-0.05, 0) is 56.3 Å². The van der Waals surface area contributed by atoms with Crippen LogP contribution in [0.2, 0.25) is 0 Å². The summed E-state index contributed by atoms with van der Waals surface area (Å²) < 4.78 is 0. The zero-order valence-corrected chi connectivity index (χ0v) is 16.2. The Morgan fingerprint density at radius 1 is 1.12 bits per heavy atom. The Hall–Kier alpha value is -0.970. The van der Waals surface area contributed by atoms with E-state index in [4.69, 9.17) is 0 Å². The van der Waals surface area contributed by atoms with Gasteiger partial charge in [0, 0.05) is 31.9 Å². The van der Waals surface area contributed by atoms with Gasteiger partial charge < -0.3 is 15.1 Å². The number of aryl methyl sites for hydroxylation is 1. The van der Waals surface area contributed by atoms with Gasteiger partial charge in [-0.1, -0.05) is 12.1 Å². The average Bonchev–Trinajstić information content (AvgIpc) is 3.34. The van der Waals surface area contributed by atoms with E-state index < -0.39 is 0 Å². The average molecular weight is 374 g/mol. The molecule has 0 unspecified atom stereocenters. The molecule has 24 heavy (non-hydrogen) atoms. The summed E-state index contributed by atoms with van der Waals surface area (Å²) in [6, 6.07) is 6.47. The van der Waals surface area contributed by atoms with Gasteiger partial charge in [-0.25, -0.2) is 0 Å². The van der Waals surface area contributed by atoms with Gasteiger partial charge in [0.05, 0.1) is 6.54 Å². The van der Waals surface area contributed by atoms with Crippen LogP contribution in [0.25, 0.3) is 0 Å². The lowest BCUT2D eigenvalue weighted by Gasteiger charge is -2.37. The van der Waals surface area contributed by atoms with Gasteiger partial charge in [-0.3, -0.25) is 4.79 Å². The molecule has 3 rings (SSSR count). The minimum Gasteiger partial charge on any atom is -0.368 e. The number of nitrogens with zero attached hydrogens (tertiary/aromatic N) is 2. The maximum atomic E-state index is 12.2. The highest BCUT2D eigenvalue weighted by atomic mass is 35.5. The molecule has 1 aliphatic carbocycles. The molecule has 136 valence electrons. The topological polar surface area (TPSA) is 35.6 Å². The quantitative estimate of drug-likeness (QED) is 0.861. The fourth-order valence-electron chi connectivity index (χ4n) is 3.09. The molecule has 1 heterocycles. The number of rotatable bonds is 5. The summed E-state index contributed by atoms with van der Waals surface area (Å²) in [6.07, 6.45) is 2.66. The smallest absolute Gasteiger partial charge is 0.236 e. The van der Waals surface area contributed by atoms with Crippen molar-refractivity contribution in [3.63, 3.8) is 0 Å². The molecule has 1 saturated heterocycles. The predicted octanol–water partition coefficient (Wildman–Crippen LogP) is 2.80. The number of carbonyl (C=O) groups is 1. The summed E-state index contributed by atoms with van der Waals surface area (Å²) in [7, 11) is 0. The number of piperazine rings is 1. The highest BCUT2D eigenvalue weighted by molar-refractivity contribution is 5.85. The highest BCUT2D eigenvalue weighted by Crippen LogP contribution is 2.27. The second kappa shape index (κ2) is 9.50. The van der Waals surface area contributed by atoms with E-state index in [-0.39, 0.29) is 30.7 Å². The fourth-order valence-corrected chi connectivity index (χ4v) is 3.09. The Kier molecular flexibility index (Phi) is 8.34. The largest absolute Gasteiger partial charge is 0.368 e. The van der Waals surface area contributed by atoms with Gasteiger partial charge in [0.15, 0.2) is 0 Å². The van der Waals surface area contributed by atoms with Crippen LogP contribution in [0.4, 0.5) is 5.69 Å². The second-order valence-corrected chi connectivity index (χ2v) is 6.66. The van der Waals surface area contributed by atoms with E-state index in [0.29, 0.717) is 6.54 Å². The van der Waals surface area contributed by atoms with E-state index in [0.717, 1.165) is 38.6 Å². The van der Waals surface area contributed by atoms with Crippen molar-refractivity contribution in [1.82, 2.24) is 10.2 Å². The normalized spacial score (nSPS) is 17.1. The van der Waals surface area contributed by atoms with Gasteiger partial charge in [0.2, 0.25) is 5.91 Å². The Morgan fingerprint density at radius 2 is 1.79 bits per heavy atom. The lowest BCUT2D eigenvalue weighted by Crippen LogP contribution is -2.51. The van der Waals surface area contributed by atoms with Crippen LogP contribution in [0.3, 0.4) is 0 Å². The monoisotopic (exact) mass is 373 g/mol. The number of halogens is 2. The van der Waals surface area contributed by atoms with Gasteiger partial charge in [0.1, 0.15) is 0 Å². The Labute approximate surface area is 157 Å². The van der Waals surface area contributed by atoms with Crippen molar-refractivity contribution < 1.29 is 4.79 Å². The van der Waals surface area contributed by atoms with Crippen molar-refractivity contribution in [2.75, 3.05) is 44.2 Å². The number of hydrogen-bond donors (Lipinski definition) is 1. The van der Waals surface area contributed by atoms with Crippen LogP contribution in [0.15, 0.2) is 18.2 Å². The molecular weight excluding hydrogens is 345 g/mol. The third kappa shape index (κ3) is 5.27. The third-order valence-electron chi connectivity index (χ3n) is 4.96. The molecule has 2 fully saturated rings. The standard InChI is InChI=1S/C18H27N3O.2ClH/c1-14-4-3-5-17(15(14)2)20-8-10-21(11-9-20)18(22)13-19-12-16-6-7-16;;/h3-5,16,19H,6-13H2,1-2H3;2*1H. The first kappa shape index (κ1) is 21.1. The molecule has 1 amide bonds. The molecule has 0 spiro atoms. The molecule has 1 aromatic carbocycles. The van der Waals surface area contributed by atoms with Crippen molar-refractivity contribution in [1.29, 1.82) is 0 Å². The first-order chi connectivity index (χ1) is 10.6. The summed E-state index contributed by atoms with van der Waals surface area (Å²) in [6.45, 7) is 9.37. The first-order valence-corrected chi connectivity index (χ1v) is 8.45. The van der Waals surface area contributed by atoms with E-state index in [1.54, 1.807) is 0 Å². The van der Waals surface area contributed by atoms with Crippen LogP contribution in [-0.4, -0.2) is 50.1 Å². The van der Waals surface area contributed by atoms with Crippen molar-refractivity contribution in [2.45, 2.75) is 26.7 Å². The molecule has 0 radical (unpaired) electrons.